The summed E-state index contributed by atoms with van der Waals surface area (Å²) in [5.41, 5.74) is 1.01. The van der Waals surface area contributed by atoms with Crippen molar-refractivity contribution in [2.45, 2.75) is 12.8 Å². The van der Waals surface area contributed by atoms with E-state index in [-0.39, 0.29) is 27.8 Å². The highest BCUT2D eigenvalue weighted by molar-refractivity contribution is 6.30. The fourth-order valence-corrected chi connectivity index (χ4v) is 2.77. The van der Waals surface area contributed by atoms with Crippen molar-refractivity contribution in [1.82, 2.24) is 4.98 Å². The molecule has 0 atom stereocenters. The Balaban J connectivity index is 1.87. The zero-order valence-electron chi connectivity index (χ0n) is 13.6. The van der Waals surface area contributed by atoms with Crippen molar-refractivity contribution in [3.63, 3.8) is 0 Å². The van der Waals surface area contributed by atoms with Gasteiger partial charge in [-0.2, -0.15) is 5.26 Å². The third kappa shape index (κ3) is 4.29. The Kier molecular flexibility index (Phi) is 5.35. The predicted octanol–water partition coefficient (Wildman–Crippen LogP) is 4.62. The van der Waals surface area contributed by atoms with Crippen LogP contribution in [0.3, 0.4) is 0 Å². The van der Waals surface area contributed by atoms with E-state index < -0.39 is 11.4 Å². The maximum absolute atomic E-state index is 14.7. The summed E-state index contributed by atoms with van der Waals surface area (Å²) in [5, 5.41) is 9.27. The van der Waals surface area contributed by atoms with E-state index in [9.17, 15) is 9.18 Å². The monoisotopic (exact) mass is 368 g/mol. The first-order valence-corrected chi connectivity index (χ1v) is 8.27. The number of ether oxygens (including phenoxy) is 1. The summed E-state index contributed by atoms with van der Waals surface area (Å²) in [6.45, 7) is 0. The number of aryl methyl sites for hydroxylation is 2. The summed E-state index contributed by atoms with van der Waals surface area (Å²) in [4.78, 5) is 14.4. The maximum Gasteiger partial charge on any atom is 0.252 e. The SMILES string of the molecule is N#Cc1cc(Cl)cc(Oc2cc(=O)[nH]c(CCc3ccccc3)c2F)c1. The van der Waals surface area contributed by atoms with Gasteiger partial charge in [-0.15, -0.1) is 0 Å². The molecule has 0 fully saturated rings. The van der Waals surface area contributed by atoms with Crippen LogP contribution in [0.25, 0.3) is 0 Å². The van der Waals surface area contributed by atoms with Gasteiger partial charge in [-0.3, -0.25) is 4.79 Å². The predicted molar refractivity (Wildman–Crippen MR) is 97.1 cm³/mol. The summed E-state index contributed by atoms with van der Waals surface area (Å²) in [5.74, 6) is -0.658. The van der Waals surface area contributed by atoms with Crippen molar-refractivity contribution < 1.29 is 9.13 Å². The summed E-state index contributed by atoms with van der Waals surface area (Å²) in [7, 11) is 0. The second kappa shape index (κ2) is 7.85. The molecular formula is C20H14ClFN2O2. The van der Waals surface area contributed by atoms with Crippen LogP contribution in [0.5, 0.6) is 11.5 Å². The first-order chi connectivity index (χ1) is 12.5. The van der Waals surface area contributed by atoms with Crippen molar-refractivity contribution in [2.24, 2.45) is 0 Å². The number of nitrogens with one attached hydrogen (secondary N) is 1. The summed E-state index contributed by atoms with van der Waals surface area (Å²) in [6, 6.07) is 16.9. The number of nitriles is 1. The molecule has 0 unspecified atom stereocenters. The number of halogens is 2. The largest absolute Gasteiger partial charge is 0.454 e. The molecule has 0 aliphatic heterocycles. The van der Waals surface area contributed by atoms with Gasteiger partial charge in [0, 0.05) is 11.1 Å². The van der Waals surface area contributed by atoms with E-state index in [1.54, 1.807) is 0 Å². The van der Waals surface area contributed by atoms with Crippen LogP contribution >= 0.6 is 11.6 Å². The Bertz CT molecular complexity index is 1030. The van der Waals surface area contributed by atoms with Gasteiger partial charge < -0.3 is 9.72 Å². The highest BCUT2D eigenvalue weighted by Crippen LogP contribution is 2.28. The van der Waals surface area contributed by atoms with Crippen LogP contribution in [-0.2, 0) is 12.8 Å². The maximum atomic E-state index is 14.7. The van der Waals surface area contributed by atoms with Crippen LogP contribution in [0.2, 0.25) is 5.02 Å². The van der Waals surface area contributed by atoms with E-state index in [0.717, 1.165) is 11.6 Å². The molecule has 6 heteroatoms. The highest BCUT2D eigenvalue weighted by Gasteiger charge is 2.14. The lowest BCUT2D eigenvalue weighted by Crippen LogP contribution is -2.12. The van der Waals surface area contributed by atoms with Crippen molar-refractivity contribution in [1.29, 1.82) is 5.26 Å². The smallest absolute Gasteiger partial charge is 0.252 e. The number of rotatable bonds is 5. The van der Waals surface area contributed by atoms with Crippen molar-refractivity contribution in [3.8, 4) is 17.6 Å². The van der Waals surface area contributed by atoms with Gasteiger partial charge in [0.15, 0.2) is 11.6 Å². The van der Waals surface area contributed by atoms with E-state index >= 15 is 0 Å². The fraction of sp³-hybridized carbons (Fsp3) is 0.100. The lowest BCUT2D eigenvalue weighted by Gasteiger charge is -2.10. The van der Waals surface area contributed by atoms with Gasteiger partial charge in [-0.25, -0.2) is 4.39 Å². The second-order valence-electron chi connectivity index (χ2n) is 5.67. The standard InChI is InChI=1S/C20H14ClFN2O2/c21-15-8-14(12-23)9-16(10-15)26-18-11-19(25)24-17(20(18)22)7-6-13-4-2-1-3-5-13/h1-5,8-11H,6-7H2,(H,24,25). The number of nitrogens with zero attached hydrogens (tertiary/aromatic N) is 1. The third-order valence-electron chi connectivity index (χ3n) is 3.75. The molecule has 0 saturated heterocycles. The molecule has 0 amide bonds. The number of aromatic amines is 1. The molecule has 0 aliphatic rings. The zero-order chi connectivity index (χ0) is 18.5. The topological polar surface area (TPSA) is 65.9 Å². The Hall–Kier alpha value is -3.10. The van der Waals surface area contributed by atoms with Crippen LogP contribution in [-0.4, -0.2) is 4.98 Å². The minimum atomic E-state index is -0.640. The summed E-state index contributed by atoms with van der Waals surface area (Å²) in [6.07, 6.45) is 0.897. The van der Waals surface area contributed by atoms with Gasteiger partial charge in [0.2, 0.25) is 0 Å². The number of pyridine rings is 1. The molecule has 3 rings (SSSR count). The molecular weight excluding hydrogens is 355 g/mol. The van der Waals surface area contributed by atoms with Crippen LogP contribution < -0.4 is 10.3 Å². The first kappa shape index (κ1) is 17.7. The van der Waals surface area contributed by atoms with Crippen LogP contribution in [0, 0.1) is 17.1 Å². The zero-order valence-corrected chi connectivity index (χ0v) is 14.4. The van der Waals surface area contributed by atoms with Crippen LogP contribution in [0.4, 0.5) is 4.39 Å². The number of hydrogen-bond acceptors (Lipinski definition) is 3. The van der Waals surface area contributed by atoms with E-state index in [0.29, 0.717) is 12.8 Å². The average molecular weight is 369 g/mol. The average Bonchev–Trinajstić information content (AvgIpc) is 2.63. The fourth-order valence-electron chi connectivity index (χ4n) is 2.54. The molecule has 1 aromatic heterocycles. The normalized spacial score (nSPS) is 10.3. The lowest BCUT2D eigenvalue weighted by atomic mass is 10.1. The number of hydrogen-bond donors (Lipinski definition) is 1. The Labute approximate surface area is 154 Å². The van der Waals surface area contributed by atoms with Gasteiger partial charge in [0.1, 0.15) is 5.75 Å². The summed E-state index contributed by atoms with van der Waals surface area (Å²) >= 11 is 5.92. The minimum absolute atomic E-state index is 0.166. The quantitative estimate of drug-likeness (QED) is 0.714. The van der Waals surface area contributed by atoms with Gasteiger partial charge in [0.05, 0.1) is 17.3 Å². The summed E-state index contributed by atoms with van der Waals surface area (Å²) < 4.78 is 20.2. The number of aromatic nitrogens is 1. The Morgan fingerprint density at radius 3 is 2.62 bits per heavy atom. The molecule has 1 heterocycles. The van der Waals surface area contributed by atoms with Crippen molar-refractivity contribution in [3.05, 3.63) is 92.6 Å². The third-order valence-corrected chi connectivity index (χ3v) is 3.97. The molecule has 0 bridgehead atoms. The molecule has 2 aromatic carbocycles. The second-order valence-corrected chi connectivity index (χ2v) is 6.10. The first-order valence-electron chi connectivity index (χ1n) is 7.89. The number of H-pyrrole nitrogens is 1. The molecule has 0 saturated carbocycles. The van der Waals surface area contributed by atoms with E-state index in [4.69, 9.17) is 21.6 Å². The Morgan fingerprint density at radius 1 is 1.12 bits per heavy atom. The molecule has 1 N–H and O–H groups in total. The Morgan fingerprint density at radius 2 is 1.88 bits per heavy atom. The van der Waals surface area contributed by atoms with Gasteiger partial charge in [0.25, 0.3) is 5.56 Å². The molecule has 4 nitrogen and oxygen atoms in total. The number of benzene rings is 2. The molecule has 3 aromatic rings. The van der Waals surface area contributed by atoms with E-state index in [2.05, 4.69) is 4.98 Å². The van der Waals surface area contributed by atoms with Crippen molar-refractivity contribution in [2.75, 3.05) is 0 Å². The molecule has 0 spiro atoms. The molecule has 130 valence electrons. The van der Waals surface area contributed by atoms with Crippen LogP contribution in [0.1, 0.15) is 16.8 Å². The van der Waals surface area contributed by atoms with Crippen LogP contribution in [0.15, 0.2) is 59.4 Å². The molecule has 26 heavy (non-hydrogen) atoms. The highest BCUT2D eigenvalue weighted by atomic mass is 35.5. The lowest BCUT2D eigenvalue weighted by molar-refractivity contribution is 0.434. The van der Waals surface area contributed by atoms with Gasteiger partial charge >= 0.3 is 0 Å². The van der Waals surface area contributed by atoms with E-state index in [1.807, 2.05) is 36.4 Å². The molecule has 0 radical (unpaired) electrons. The van der Waals surface area contributed by atoms with Gasteiger partial charge in [-0.05, 0) is 36.6 Å². The minimum Gasteiger partial charge on any atom is -0.454 e. The van der Waals surface area contributed by atoms with Gasteiger partial charge in [-0.1, -0.05) is 41.9 Å². The van der Waals surface area contributed by atoms with Crippen molar-refractivity contribution >= 4 is 11.6 Å². The molecule has 0 aliphatic carbocycles. The van der Waals surface area contributed by atoms with E-state index in [1.165, 1.54) is 18.2 Å².